The van der Waals surface area contributed by atoms with Gasteiger partial charge in [0, 0.05) is 17.3 Å². The summed E-state index contributed by atoms with van der Waals surface area (Å²) < 4.78 is 0. The van der Waals surface area contributed by atoms with Crippen LogP contribution in [0.25, 0.3) is 0 Å². The van der Waals surface area contributed by atoms with Crippen LogP contribution in [0.2, 0.25) is 5.02 Å². The summed E-state index contributed by atoms with van der Waals surface area (Å²) in [5.74, 6) is -0.00244. The molecule has 1 N–H and O–H groups in total. The highest BCUT2D eigenvalue weighted by molar-refractivity contribution is 6.30. The Morgan fingerprint density at radius 1 is 1.14 bits per heavy atom. The molecular formula is C18H21ClN2O. The summed E-state index contributed by atoms with van der Waals surface area (Å²) in [4.78, 5) is 14.1. The predicted octanol–water partition coefficient (Wildman–Crippen LogP) is 3.97. The largest absolute Gasteiger partial charge is 0.325 e. The number of nitrogens with zero attached hydrogens (tertiary/aromatic N) is 1. The summed E-state index contributed by atoms with van der Waals surface area (Å²) in [6, 6.07) is 15.6. The van der Waals surface area contributed by atoms with E-state index in [4.69, 9.17) is 11.6 Å². The Kier molecular flexibility index (Phi) is 5.99. The molecule has 0 aliphatic heterocycles. The average molecular weight is 317 g/mol. The lowest BCUT2D eigenvalue weighted by Gasteiger charge is -2.17. The fourth-order valence-electron chi connectivity index (χ4n) is 2.34. The van der Waals surface area contributed by atoms with E-state index < -0.39 is 0 Å². The minimum Gasteiger partial charge on any atom is -0.325 e. The molecule has 0 unspecified atom stereocenters. The molecule has 0 heterocycles. The maximum absolute atomic E-state index is 12.2. The first-order valence-corrected chi connectivity index (χ1v) is 7.77. The summed E-state index contributed by atoms with van der Waals surface area (Å²) >= 11 is 5.87. The Labute approximate surface area is 136 Å². The van der Waals surface area contributed by atoms with E-state index in [0.717, 1.165) is 28.3 Å². The topological polar surface area (TPSA) is 32.3 Å². The molecule has 0 saturated heterocycles. The van der Waals surface area contributed by atoms with Gasteiger partial charge in [0.2, 0.25) is 5.91 Å². The van der Waals surface area contributed by atoms with Crippen LogP contribution in [0.4, 0.5) is 5.69 Å². The molecule has 22 heavy (non-hydrogen) atoms. The lowest BCUT2D eigenvalue weighted by atomic mass is 10.1. The normalized spacial score (nSPS) is 10.7. The summed E-state index contributed by atoms with van der Waals surface area (Å²) in [5, 5.41) is 3.71. The van der Waals surface area contributed by atoms with Crippen molar-refractivity contribution in [1.29, 1.82) is 0 Å². The monoisotopic (exact) mass is 316 g/mol. The van der Waals surface area contributed by atoms with Crippen molar-refractivity contribution in [2.75, 3.05) is 18.9 Å². The van der Waals surface area contributed by atoms with Gasteiger partial charge in [-0.3, -0.25) is 9.69 Å². The van der Waals surface area contributed by atoms with Gasteiger partial charge in [0.25, 0.3) is 0 Å². The Bertz CT molecular complexity index is 625. The van der Waals surface area contributed by atoms with E-state index >= 15 is 0 Å². The van der Waals surface area contributed by atoms with Crippen LogP contribution in [0.3, 0.4) is 0 Å². The van der Waals surface area contributed by atoms with Gasteiger partial charge in [0.1, 0.15) is 0 Å². The fourth-order valence-corrected chi connectivity index (χ4v) is 2.47. The molecule has 3 nitrogen and oxygen atoms in total. The second-order valence-electron chi connectivity index (χ2n) is 5.36. The molecule has 0 atom stereocenters. The number of likely N-dealkylation sites (N-methyl/N-ethyl adjacent to an activating group) is 1. The number of benzene rings is 2. The second-order valence-corrected chi connectivity index (χ2v) is 5.79. The average Bonchev–Trinajstić information content (AvgIpc) is 2.50. The van der Waals surface area contributed by atoms with Crippen LogP contribution in [-0.2, 0) is 17.8 Å². The fraction of sp³-hybridized carbons (Fsp3) is 0.278. The molecule has 0 fully saturated rings. The lowest BCUT2D eigenvalue weighted by Crippen LogP contribution is -2.30. The number of amides is 1. The van der Waals surface area contributed by atoms with Crippen molar-refractivity contribution in [2.24, 2.45) is 0 Å². The molecule has 4 heteroatoms. The molecule has 116 valence electrons. The van der Waals surface area contributed by atoms with Gasteiger partial charge in [-0.05, 0) is 42.8 Å². The van der Waals surface area contributed by atoms with E-state index in [9.17, 15) is 4.79 Å². The van der Waals surface area contributed by atoms with Crippen molar-refractivity contribution in [1.82, 2.24) is 4.90 Å². The van der Waals surface area contributed by atoms with Gasteiger partial charge in [-0.15, -0.1) is 0 Å². The van der Waals surface area contributed by atoms with Gasteiger partial charge in [-0.25, -0.2) is 0 Å². The van der Waals surface area contributed by atoms with E-state index in [0.29, 0.717) is 13.1 Å². The molecule has 2 rings (SSSR count). The van der Waals surface area contributed by atoms with E-state index in [1.165, 1.54) is 0 Å². The van der Waals surface area contributed by atoms with E-state index in [2.05, 4.69) is 12.2 Å². The van der Waals surface area contributed by atoms with Crippen molar-refractivity contribution in [3.05, 3.63) is 64.7 Å². The molecule has 1 amide bonds. The molecule has 0 aromatic heterocycles. The molecule has 0 aliphatic rings. The summed E-state index contributed by atoms with van der Waals surface area (Å²) in [6.07, 6.45) is 0.900. The maximum atomic E-state index is 12.2. The van der Waals surface area contributed by atoms with Crippen molar-refractivity contribution in [3.63, 3.8) is 0 Å². The van der Waals surface area contributed by atoms with Gasteiger partial charge in [0.15, 0.2) is 0 Å². The molecule has 0 radical (unpaired) electrons. The zero-order valence-electron chi connectivity index (χ0n) is 13.0. The zero-order chi connectivity index (χ0) is 15.9. The molecular weight excluding hydrogens is 296 g/mol. The van der Waals surface area contributed by atoms with Crippen LogP contribution in [0, 0.1) is 0 Å². The van der Waals surface area contributed by atoms with Gasteiger partial charge < -0.3 is 5.32 Å². The third-order valence-electron chi connectivity index (χ3n) is 3.45. The number of nitrogens with one attached hydrogen (secondary N) is 1. The number of hydrogen-bond acceptors (Lipinski definition) is 2. The van der Waals surface area contributed by atoms with Crippen LogP contribution in [-0.4, -0.2) is 24.4 Å². The molecule has 0 spiro atoms. The number of rotatable bonds is 6. The Morgan fingerprint density at radius 2 is 1.82 bits per heavy atom. The van der Waals surface area contributed by atoms with Gasteiger partial charge in [-0.2, -0.15) is 0 Å². The summed E-state index contributed by atoms with van der Waals surface area (Å²) in [6.45, 7) is 3.14. The highest BCUT2D eigenvalue weighted by Gasteiger charge is 2.09. The first kappa shape index (κ1) is 16.5. The standard InChI is InChI=1S/C18H21ClN2O/c1-3-15-6-4-5-7-17(15)20-18(22)13-21(2)12-14-8-10-16(19)11-9-14/h4-11H,3,12-13H2,1-2H3,(H,20,22). The molecule has 0 saturated carbocycles. The minimum atomic E-state index is -0.00244. The minimum absolute atomic E-state index is 0.00244. The van der Waals surface area contributed by atoms with Crippen LogP contribution in [0.5, 0.6) is 0 Å². The smallest absolute Gasteiger partial charge is 0.238 e. The molecule has 2 aromatic rings. The van der Waals surface area contributed by atoms with E-state index in [1.54, 1.807) is 0 Å². The third-order valence-corrected chi connectivity index (χ3v) is 3.70. The van der Waals surface area contributed by atoms with Crippen LogP contribution < -0.4 is 5.32 Å². The maximum Gasteiger partial charge on any atom is 0.238 e. The van der Waals surface area contributed by atoms with Gasteiger partial charge >= 0.3 is 0 Å². The number of aryl methyl sites for hydroxylation is 1. The number of para-hydroxylation sites is 1. The van der Waals surface area contributed by atoms with Gasteiger partial charge in [-0.1, -0.05) is 48.9 Å². The number of carbonyl (C=O) groups excluding carboxylic acids is 1. The third kappa shape index (κ3) is 4.86. The Hall–Kier alpha value is -1.84. The number of anilines is 1. The van der Waals surface area contributed by atoms with Crippen molar-refractivity contribution < 1.29 is 4.79 Å². The van der Waals surface area contributed by atoms with Gasteiger partial charge in [0.05, 0.1) is 6.54 Å². The van der Waals surface area contributed by atoms with Crippen LogP contribution in [0.1, 0.15) is 18.1 Å². The second kappa shape index (κ2) is 7.97. The highest BCUT2D eigenvalue weighted by atomic mass is 35.5. The molecule has 0 aliphatic carbocycles. The lowest BCUT2D eigenvalue weighted by molar-refractivity contribution is -0.117. The number of halogens is 1. The summed E-state index contributed by atoms with van der Waals surface area (Å²) in [7, 11) is 1.93. The molecule has 0 bridgehead atoms. The molecule has 2 aromatic carbocycles. The summed E-state index contributed by atoms with van der Waals surface area (Å²) in [5.41, 5.74) is 3.18. The first-order valence-electron chi connectivity index (χ1n) is 7.39. The predicted molar refractivity (Wildman–Crippen MR) is 92.2 cm³/mol. The van der Waals surface area contributed by atoms with Crippen molar-refractivity contribution in [2.45, 2.75) is 19.9 Å². The van der Waals surface area contributed by atoms with Crippen molar-refractivity contribution >= 4 is 23.2 Å². The Balaban J connectivity index is 1.89. The first-order chi connectivity index (χ1) is 10.6. The van der Waals surface area contributed by atoms with Crippen LogP contribution in [0.15, 0.2) is 48.5 Å². The van der Waals surface area contributed by atoms with E-state index in [1.807, 2.05) is 60.5 Å². The van der Waals surface area contributed by atoms with Crippen LogP contribution >= 0.6 is 11.6 Å². The highest BCUT2D eigenvalue weighted by Crippen LogP contribution is 2.15. The Morgan fingerprint density at radius 3 is 2.50 bits per heavy atom. The quantitative estimate of drug-likeness (QED) is 0.874. The number of carbonyl (C=O) groups is 1. The number of hydrogen-bond donors (Lipinski definition) is 1. The zero-order valence-corrected chi connectivity index (χ0v) is 13.7. The SMILES string of the molecule is CCc1ccccc1NC(=O)CN(C)Cc1ccc(Cl)cc1. The van der Waals surface area contributed by atoms with E-state index in [-0.39, 0.29) is 5.91 Å². The van der Waals surface area contributed by atoms with Crippen molar-refractivity contribution in [3.8, 4) is 0 Å².